The molecule has 2 heterocycles. The molecule has 1 atom stereocenters. The van der Waals surface area contributed by atoms with Gasteiger partial charge < -0.3 is 19.5 Å². The minimum Gasteiger partial charge on any atom is -0.483 e. The van der Waals surface area contributed by atoms with Gasteiger partial charge >= 0.3 is 0 Å². The fraction of sp³-hybridized carbons (Fsp3) is 0.375. The van der Waals surface area contributed by atoms with Crippen LogP contribution in [0.15, 0.2) is 42.5 Å². The van der Waals surface area contributed by atoms with Crippen LogP contribution in [-0.4, -0.2) is 25.2 Å². The summed E-state index contributed by atoms with van der Waals surface area (Å²) in [6, 6.07) is 11.9. The van der Waals surface area contributed by atoms with Crippen molar-refractivity contribution in [2.75, 3.05) is 13.3 Å². The van der Waals surface area contributed by atoms with Gasteiger partial charge in [0.25, 0.3) is 0 Å². The summed E-state index contributed by atoms with van der Waals surface area (Å²) in [4.78, 5) is 12.8. The number of fused-ring (bicyclic) bond motifs is 2. The number of ketones is 1. The SMILES string of the molecule is CC(Oc1ccc(C(C)(C)C)cc1)C(=O)C=C1NCCc2cc3c(cc21)OCO3. The first kappa shape index (κ1) is 19.4. The van der Waals surface area contributed by atoms with E-state index in [0.29, 0.717) is 11.5 Å². The van der Waals surface area contributed by atoms with E-state index in [1.165, 1.54) is 5.56 Å². The van der Waals surface area contributed by atoms with Crippen LogP contribution in [0.4, 0.5) is 0 Å². The summed E-state index contributed by atoms with van der Waals surface area (Å²) in [5.41, 5.74) is 4.24. The monoisotopic (exact) mass is 393 g/mol. The maximum absolute atomic E-state index is 12.8. The van der Waals surface area contributed by atoms with E-state index < -0.39 is 6.10 Å². The second kappa shape index (κ2) is 7.47. The summed E-state index contributed by atoms with van der Waals surface area (Å²) in [7, 11) is 0. The number of ether oxygens (including phenoxy) is 3. The van der Waals surface area contributed by atoms with Crippen LogP contribution in [0.5, 0.6) is 17.2 Å². The fourth-order valence-corrected chi connectivity index (χ4v) is 3.55. The van der Waals surface area contributed by atoms with Crippen LogP contribution in [-0.2, 0) is 16.6 Å². The predicted molar refractivity (Wildman–Crippen MR) is 112 cm³/mol. The molecule has 2 aliphatic rings. The minimum absolute atomic E-state index is 0.0827. The molecule has 2 aromatic rings. The molecule has 0 bridgehead atoms. The Morgan fingerprint density at radius 3 is 2.52 bits per heavy atom. The first-order chi connectivity index (χ1) is 13.8. The van der Waals surface area contributed by atoms with E-state index in [-0.39, 0.29) is 18.0 Å². The summed E-state index contributed by atoms with van der Waals surface area (Å²) >= 11 is 0. The normalized spacial score (nSPS) is 17.4. The zero-order chi connectivity index (χ0) is 20.6. The van der Waals surface area contributed by atoms with Crippen LogP contribution < -0.4 is 19.5 Å². The van der Waals surface area contributed by atoms with Gasteiger partial charge in [-0.3, -0.25) is 4.79 Å². The highest BCUT2D eigenvalue weighted by Crippen LogP contribution is 2.38. The third-order valence-electron chi connectivity index (χ3n) is 5.32. The average Bonchev–Trinajstić information content (AvgIpc) is 3.13. The molecule has 5 heteroatoms. The van der Waals surface area contributed by atoms with Crippen molar-refractivity contribution in [2.24, 2.45) is 0 Å². The van der Waals surface area contributed by atoms with Gasteiger partial charge in [0.05, 0.1) is 0 Å². The molecule has 2 aliphatic heterocycles. The highest BCUT2D eigenvalue weighted by atomic mass is 16.7. The Kier molecular flexibility index (Phi) is 4.99. The number of nitrogens with one attached hydrogen (secondary N) is 1. The van der Waals surface area contributed by atoms with E-state index in [2.05, 4.69) is 26.1 Å². The van der Waals surface area contributed by atoms with Crippen molar-refractivity contribution in [3.8, 4) is 17.2 Å². The standard InChI is InChI=1S/C24H27NO4/c1-15(29-18-7-5-17(6-8-18)24(2,3)4)21(26)13-20-19-12-23-22(27-14-28-23)11-16(19)9-10-25-20/h5-8,11-13,15,25H,9-10,14H2,1-4H3. The van der Waals surface area contributed by atoms with Crippen LogP contribution >= 0.6 is 0 Å². The fourth-order valence-electron chi connectivity index (χ4n) is 3.55. The van der Waals surface area contributed by atoms with Crippen molar-refractivity contribution in [1.82, 2.24) is 5.32 Å². The molecule has 0 radical (unpaired) electrons. The van der Waals surface area contributed by atoms with Gasteiger partial charge in [-0.2, -0.15) is 0 Å². The summed E-state index contributed by atoms with van der Waals surface area (Å²) in [5, 5.41) is 3.33. The highest BCUT2D eigenvalue weighted by molar-refractivity contribution is 6.00. The number of hydrogen-bond donors (Lipinski definition) is 1. The van der Waals surface area contributed by atoms with Crippen molar-refractivity contribution in [2.45, 2.75) is 45.6 Å². The van der Waals surface area contributed by atoms with Gasteiger partial charge in [-0.1, -0.05) is 32.9 Å². The predicted octanol–water partition coefficient (Wildman–Crippen LogP) is 4.24. The zero-order valence-corrected chi connectivity index (χ0v) is 17.4. The lowest BCUT2D eigenvalue weighted by molar-refractivity contribution is -0.120. The summed E-state index contributed by atoms with van der Waals surface area (Å²) in [6.07, 6.45) is 1.93. The molecule has 1 N–H and O–H groups in total. The van der Waals surface area contributed by atoms with Crippen LogP contribution in [0.3, 0.4) is 0 Å². The van der Waals surface area contributed by atoms with E-state index in [1.54, 1.807) is 13.0 Å². The number of rotatable bonds is 4. The Balaban J connectivity index is 1.50. The lowest BCUT2D eigenvalue weighted by Crippen LogP contribution is -2.27. The molecule has 0 spiro atoms. The molecule has 0 fully saturated rings. The second-order valence-electron chi connectivity index (χ2n) is 8.53. The van der Waals surface area contributed by atoms with E-state index in [1.807, 2.05) is 36.4 Å². The average molecular weight is 393 g/mol. The minimum atomic E-state index is -0.579. The summed E-state index contributed by atoms with van der Waals surface area (Å²) in [5.74, 6) is 2.09. The molecule has 29 heavy (non-hydrogen) atoms. The molecule has 5 nitrogen and oxygen atoms in total. The zero-order valence-electron chi connectivity index (χ0n) is 17.4. The van der Waals surface area contributed by atoms with Gasteiger partial charge in [-0.05, 0) is 54.2 Å². The Morgan fingerprint density at radius 1 is 1.14 bits per heavy atom. The maximum atomic E-state index is 12.8. The topological polar surface area (TPSA) is 56.8 Å². The van der Waals surface area contributed by atoms with Crippen LogP contribution in [0.1, 0.15) is 44.4 Å². The molecular formula is C24H27NO4. The summed E-state index contributed by atoms with van der Waals surface area (Å²) < 4.78 is 16.8. The smallest absolute Gasteiger partial charge is 0.231 e. The molecular weight excluding hydrogens is 366 g/mol. The van der Waals surface area contributed by atoms with Gasteiger partial charge in [0.1, 0.15) is 5.75 Å². The molecule has 0 saturated carbocycles. The van der Waals surface area contributed by atoms with Gasteiger partial charge in [-0.25, -0.2) is 0 Å². The van der Waals surface area contributed by atoms with Gasteiger partial charge in [0.15, 0.2) is 23.4 Å². The molecule has 0 saturated heterocycles. The molecule has 0 aliphatic carbocycles. The summed E-state index contributed by atoms with van der Waals surface area (Å²) in [6.45, 7) is 9.30. The molecule has 4 rings (SSSR count). The van der Waals surface area contributed by atoms with Gasteiger partial charge in [-0.15, -0.1) is 0 Å². The van der Waals surface area contributed by atoms with Crippen LogP contribution in [0, 0.1) is 0 Å². The quantitative estimate of drug-likeness (QED) is 0.788. The highest BCUT2D eigenvalue weighted by Gasteiger charge is 2.23. The van der Waals surface area contributed by atoms with Gasteiger partial charge in [0.2, 0.25) is 6.79 Å². The van der Waals surface area contributed by atoms with Crippen LogP contribution in [0.2, 0.25) is 0 Å². The lowest BCUT2D eigenvalue weighted by atomic mass is 9.87. The molecule has 152 valence electrons. The Labute approximate surface area is 171 Å². The number of carbonyl (C=O) groups excluding carboxylic acids is 1. The molecule has 0 aromatic heterocycles. The molecule has 0 amide bonds. The van der Waals surface area contributed by atoms with E-state index >= 15 is 0 Å². The Morgan fingerprint density at radius 2 is 1.83 bits per heavy atom. The number of hydrogen-bond acceptors (Lipinski definition) is 5. The first-order valence-electron chi connectivity index (χ1n) is 10.0. The third-order valence-corrected chi connectivity index (χ3v) is 5.32. The van der Waals surface area contributed by atoms with E-state index in [9.17, 15) is 4.79 Å². The van der Waals surface area contributed by atoms with Crippen molar-refractivity contribution < 1.29 is 19.0 Å². The number of carbonyl (C=O) groups is 1. The lowest BCUT2D eigenvalue weighted by Gasteiger charge is -2.22. The van der Waals surface area contributed by atoms with Crippen LogP contribution in [0.25, 0.3) is 5.70 Å². The second-order valence-corrected chi connectivity index (χ2v) is 8.53. The van der Waals surface area contributed by atoms with Gasteiger partial charge in [0, 0.05) is 23.9 Å². The van der Waals surface area contributed by atoms with Crippen molar-refractivity contribution in [3.63, 3.8) is 0 Å². The van der Waals surface area contributed by atoms with Crippen molar-refractivity contribution in [1.29, 1.82) is 0 Å². The molecule has 2 aromatic carbocycles. The number of benzene rings is 2. The largest absolute Gasteiger partial charge is 0.483 e. The van der Waals surface area contributed by atoms with E-state index in [4.69, 9.17) is 14.2 Å². The maximum Gasteiger partial charge on any atom is 0.231 e. The third kappa shape index (κ3) is 4.09. The first-order valence-corrected chi connectivity index (χ1v) is 10.0. The Hall–Kier alpha value is -2.95. The van der Waals surface area contributed by atoms with Crippen molar-refractivity contribution >= 4 is 11.5 Å². The molecule has 1 unspecified atom stereocenters. The van der Waals surface area contributed by atoms with E-state index in [0.717, 1.165) is 35.5 Å². The Bertz CT molecular complexity index is 954. The van der Waals surface area contributed by atoms with Crippen molar-refractivity contribution in [3.05, 3.63) is 59.2 Å².